The van der Waals surface area contributed by atoms with Gasteiger partial charge in [-0.3, -0.25) is 4.79 Å². The highest BCUT2D eigenvalue weighted by Gasteiger charge is 2.18. The summed E-state index contributed by atoms with van der Waals surface area (Å²) >= 11 is 6.02. The molecule has 1 saturated heterocycles. The molecular weight excluding hydrogens is 238 g/mol. The first-order valence-corrected chi connectivity index (χ1v) is 6.23. The number of amides is 1. The molecule has 92 valence electrons. The highest BCUT2D eigenvalue weighted by molar-refractivity contribution is 6.32. The summed E-state index contributed by atoms with van der Waals surface area (Å²) < 4.78 is 5.07. The summed E-state index contributed by atoms with van der Waals surface area (Å²) in [6.07, 6.45) is 3.40. The lowest BCUT2D eigenvalue weighted by molar-refractivity contribution is 0.0724. The molecule has 0 unspecified atom stereocenters. The Morgan fingerprint density at radius 1 is 1.29 bits per heavy atom. The third-order valence-corrected chi connectivity index (χ3v) is 3.34. The quantitative estimate of drug-likeness (QED) is 0.811. The molecule has 1 fully saturated rings. The standard InChI is InChI=1S/C13H16ClNO2/c1-17-12-6-5-10(9-11(12)14)13(16)15-7-3-2-4-8-15/h5-6,9H,2-4,7-8H2,1H3. The fourth-order valence-corrected chi connectivity index (χ4v) is 2.34. The largest absolute Gasteiger partial charge is 0.495 e. The van der Waals surface area contributed by atoms with Gasteiger partial charge in [0, 0.05) is 18.7 Å². The molecule has 0 spiro atoms. The van der Waals surface area contributed by atoms with Crippen molar-refractivity contribution >= 4 is 17.5 Å². The van der Waals surface area contributed by atoms with Gasteiger partial charge < -0.3 is 9.64 Å². The van der Waals surface area contributed by atoms with Crippen LogP contribution in [-0.4, -0.2) is 31.0 Å². The van der Waals surface area contributed by atoms with E-state index in [0.717, 1.165) is 25.9 Å². The van der Waals surface area contributed by atoms with E-state index in [1.165, 1.54) is 6.42 Å². The fourth-order valence-electron chi connectivity index (χ4n) is 2.08. The molecule has 17 heavy (non-hydrogen) atoms. The molecule has 0 N–H and O–H groups in total. The lowest BCUT2D eigenvalue weighted by Gasteiger charge is -2.26. The zero-order chi connectivity index (χ0) is 12.3. The summed E-state index contributed by atoms with van der Waals surface area (Å²) in [6.45, 7) is 1.70. The number of hydrogen-bond acceptors (Lipinski definition) is 2. The van der Waals surface area contributed by atoms with Gasteiger partial charge in [0.15, 0.2) is 0 Å². The molecule has 0 bridgehead atoms. The smallest absolute Gasteiger partial charge is 0.253 e. The molecule has 1 aliphatic heterocycles. The van der Waals surface area contributed by atoms with Crippen molar-refractivity contribution in [3.05, 3.63) is 28.8 Å². The molecule has 3 nitrogen and oxygen atoms in total. The Morgan fingerprint density at radius 2 is 2.00 bits per heavy atom. The average Bonchev–Trinajstić information content (AvgIpc) is 2.39. The second-order valence-corrected chi connectivity index (χ2v) is 4.61. The van der Waals surface area contributed by atoms with E-state index in [0.29, 0.717) is 16.3 Å². The number of carbonyl (C=O) groups is 1. The van der Waals surface area contributed by atoms with Gasteiger partial charge in [0.05, 0.1) is 12.1 Å². The van der Waals surface area contributed by atoms with Gasteiger partial charge in [0.25, 0.3) is 5.91 Å². The Balaban J connectivity index is 2.16. The lowest BCUT2D eigenvalue weighted by atomic mass is 10.1. The van der Waals surface area contributed by atoms with E-state index >= 15 is 0 Å². The predicted octanol–water partition coefficient (Wildman–Crippen LogP) is 2.97. The Labute approximate surface area is 106 Å². The molecule has 1 aliphatic rings. The predicted molar refractivity (Wildman–Crippen MR) is 67.8 cm³/mol. The molecule has 1 aromatic carbocycles. The molecular formula is C13H16ClNO2. The van der Waals surface area contributed by atoms with Crippen LogP contribution < -0.4 is 4.74 Å². The van der Waals surface area contributed by atoms with Gasteiger partial charge in [-0.15, -0.1) is 0 Å². The maximum absolute atomic E-state index is 12.2. The topological polar surface area (TPSA) is 29.5 Å². The zero-order valence-corrected chi connectivity index (χ0v) is 10.7. The van der Waals surface area contributed by atoms with E-state index in [9.17, 15) is 4.79 Å². The van der Waals surface area contributed by atoms with Gasteiger partial charge in [-0.05, 0) is 37.5 Å². The SMILES string of the molecule is COc1ccc(C(=O)N2CCCCC2)cc1Cl. The van der Waals surface area contributed by atoms with Crippen molar-refractivity contribution in [2.45, 2.75) is 19.3 Å². The van der Waals surface area contributed by atoms with Crippen LogP contribution in [0.3, 0.4) is 0 Å². The van der Waals surface area contributed by atoms with Crippen LogP contribution in [0.15, 0.2) is 18.2 Å². The van der Waals surface area contributed by atoms with Crippen molar-refractivity contribution < 1.29 is 9.53 Å². The maximum atomic E-state index is 12.2. The Morgan fingerprint density at radius 3 is 2.59 bits per heavy atom. The Hall–Kier alpha value is -1.22. The number of hydrogen-bond donors (Lipinski definition) is 0. The minimum atomic E-state index is 0.0641. The van der Waals surface area contributed by atoms with Crippen LogP contribution in [0.25, 0.3) is 0 Å². The number of piperidine rings is 1. The fraction of sp³-hybridized carbons (Fsp3) is 0.462. The molecule has 0 aromatic heterocycles. The first-order valence-electron chi connectivity index (χ1n) is 5.85. The molecule has 0 radical (unpaired) electrons. The normalized spacial score (nSPS) is 15.8. The van der Waals surface area contributed by atoms with Crippen LogP contribution in [0, 0.1) is 0 Å². The number of ether oxygens (including phenoxy) is 1. The van der Waals surface area contributed by atoms with Crippen LogP contribution in [0.5, 0.6) is 5.75 Å². The molecule has 2 rings (SSSR count). The summed E-state index contributed by atoms with van der Waals surface area (Å²) in [7, 11) is 1.56. The molecule has 1 amide bonds. The van der Waals surface area contributed by atoms with Crippen LogP contribution >= 0.6 is 11.6 Å². The van der Waals surface area contributed by atoms with E-state index < -0.39 is 0 Å². The maximum Gasteiger partial charge on any atom is 0.253 e. The van der Waals surface area contributed by atoms with Crippen LogP contribution in [0.4, 0.5) is 0 Å². The van der Waals surface area contributed by atoms with Gasteiger partial charge in [-0.25, -0.2) is 0 Å². The molecule has 4 heteroatoms. The van der Waals surface area contributed by atoms with E-state index in [4.69, 9.17) is 16.3 Å². The second-order valence-electron chi connectivity index (χ2n) is 4.20. The van der Waals surface area contributed by atoms with Crippen molar-refractivity contribution in [2.75, 3.05) is 20.2 Å². The average molecular weight is 254 g/mol. The number of nitrogens with zero attached hydrogens (tertiary/aromatic N) is 1. The van der Waals surface area contributed by atoms with Crippen molar-refractivity contribution in [3.8, 4) is 5.75 Å². The van der Waals surface area contributed by atoms with Gasteiger partial charge in [-0.1, -0.05) is 11.6 Å². The lowest BCUT2D eigenvalue weighted by Crippen LogP contribution is -2.35. The van der Waals surface area contributed by atoms with E-state index in [2.05, 4.69) is 0 Å². The molecule has 1 aromatic rings. The van der Waals surface area contributed by atoms with Crippen molar-refractivity contribution in [1.82, 2.24) is 4.90 Å². The minimum absolute atomic E-state index is 0.0641. The summed E-state index contributed by atoms with van der Waals surface area (Å²) in [6, 6.07) is 5.18. The van der Waals surface area contributed by atoms with Gasteiger partial charge >= 0.3 is 0 Å². The monoisotopic (exact) mass is 253 g/mol. The molecule has 0 saturated carbocycles. The van der Waals surface area contributed by atoms with Crippen LogP contribution in [-0.2, 0) is 0 Å². The number of halogens is 1. The first kappa shape index (κ1) is 12.2. The third kappa shape index (κ3) is 2.72. The van der Waals surface area contributed by atoms with Crippen molar-refractivity contribution in [1.29, 1.82) is 0 Å². The van der Waals surface area contributed by atoms with Gasteiger partial charge in [0.2, 0.25) is 0 Å². The Kier molecular flexibility index (Phi) is 3.89. The summed E-state index contributed by atoms with van der Waals surface area (Å²) in [5.74, 6) is 0.663. The highest BCUT2D eigenvalue weighted by atomic mass is 35.5. The zero-order valence-electron chi connectivity index (χ0n) is 9.91. The van der Waals surface area contributed by atoms with E-state index in [1.807, 2.05) is 4.90 Å². The van der Waals surface area contributed by atoms with Gasteiger partial charge in [0.1, 0.15) is 5.75 Å². The molecule has 0 aliphatic carbocycles. The molecule has 1 heterocycles. The number of likely N-dealkylation sites (tertiary alicyclic amines) is 1. The molecule has 0 atom stereocenters. The van der Waals surface area contributed by atoms with Crippen LogP contribution in [0.2, 0.25) is 5.02 Å². The van der Waals surface area contributed by atoms with Gasteiger partial charge in [-0.2, -0.15) is 0 Å². The minimum Gasteiger partial charge on any atom is -0.495 e. The van der Waals surface area contributed by atoms with E-state index in [-0.39, 0.29) is 5.91 Å². The second kappa shape index (κ2) is 5.41. The van der Waals surface area contributed by atoms with Crippen molar-refractivity contribution in [2.24, 2.45) is 0 Å². The summed E-state index contributed by atoms with van der Waals surface area (Å²) in [5, 5.41) is 0.482. The number of benzene rings is 1. The Bertz CT molecular complexity index is 414. The number of carbonyl (C=O) groups excluding carboxylic acids is 1. The van der Waals surface area contributed by atoms with Crippen molar-refractivity contribution in [3.63, 3.8) is 0 Å². The van der Waals surface area contributed by atoms with Crippen LogP contribution in [0.1, 0.15) is 29.6 Å². The van der Waals surface area contributed by atoms with E-state index in [1.54, 1.807) is 25.3 Å². The first-order chi connectivity index (χ1) is 8.22. The number of rotatable bonds is 2. The third-order valence-electron chi connectivity index (χ3n) is 3.04. The highest BCUT2D eigenvalue weighted by Crippen LogP contribution is 2.26. The summed E-state index contributed by atoms with van der Waals surface area (Å²) in [4.78, 5) is 14.1. The summed E-state index contributed by atoms with van der Waals surface area (Å²) in [5.41, 5.74) is 0.637. The number of methoxy groups -OCH3 is 1.